The third-order valence-corrected chi connectivity index (χ3v) is 9.45. The smallest absolute Gasteiger partial charge is 0.227 e. The zero-order chi connectivity index (χ0) is 19.5. The van der Waals surface area contributed by atoms with Gasteiger partial charge in [0.05, 0.1) is 13.0 Å². The van der Waals surface area contributed by atoms with Crippen molar-refractivity contribution in [3.63, 3.8) is 0 Å². The molecule has 0 radical (unpaired) electrons. The maximum Gasteiger partial charge on any atom is 0.227 e. The number of rotatable bonds is 2. The number of ether oxygens (including phenoxy) is 1. The van der Waals surface area contributed by atoms with Gasteiger partial charge in [-0.15, -0.1) is 0 Å². The molecule has 7 atom stereocenters. The van der Waals surface area contributed by atoms with Crippen LogP contribution in [-0.2, 0) is 4.79 Å². The SMILES string of the molecule is COc1ccc(C2C[C@@]3(C)[C@@H](CC[C@H]4[C@@H]5CCC[C@@]5(C)CC[C@@H]43)NC2=O)cc1. The van der Waals surface area contributed by atoms with Gasteiger partial charge >= 0.3 is 0 Å². The lowest BCUT2D eigenvalue weighted by molar-refractivity contribution is -0.138. The highest BCUT2D eigenvalue weighted by Crippen LogP contribution is 2.64. The summed E-state index contributed by atoms with van der Waals surface area (Å²) in [6, 6.07) is 8.52. The average molecular weight is 382 g/mol. The monoisotopic (exact) mass is 381 g/mol. The molecule has 1 aliphatic heterocycles. The summed E-state index contributed by atoms with van der Waals surface area (Å²) >= 11 is 0. The maximum atomic E-state index is 13.0. The summed E-state index contributed by atoms with van der Waals surface area (Å²) in [6.45, 7) is 5.07. The van der Waals surface area contributed by atoms with E-state index in [4.69, 9.17) is 4.74 Å². The van der Waals surface area contributed by atoms with Crippen molar-refractivity contribution in [2.45, 2.75) is 77.2 Å². The number of carbonyl (C=O) groups excluding carboxylic acids is 1. The van der Waals surface area contributed by atoms with Crippen molar-refractivity contribution in [1.82, 2.24) is 5.32 Å². The minimum atomic E-state index is -0.0252. The summed E-state index contributed by atoms with van der Waals surface area (Å²) in [5, 5.41) is 3.47. The van der Waals surface area contributed by atoms with Crippen LogP contribution in [0.25, 0.3) is 0 Å². The largest absolute Gasteiger partial charge is 0.497 e. The molecule has 1 saturated heterocycles. The van der Waals surface area contributed by atoms with Crippen LogP contribution in [-0.4, -0.2) is 19.1 Å². The topological polar surface area (TPSA) is 38.3 Å². The van der Waals surface area contributed by atoms with Crippen LogP contribution in [0.1, 0.15) is 76.7 Å². The summed E-state index contributed by atoms with van der Waals surface area (Å²) in [7, 11) is 1.69. The third kappa shape index (κ3) is 2.64. The Bertz CT molecular complexity index is 758. The number of amides is 1. The van der Waals surface area contributed by atoms with Gasteiger partial charge in [0.2, 0.25) is 5.91 Å². The summed E-state index contributed by atoms with van der Waals surface area (Å²) in [6.07, 6.45) is 10.5. The minimum absolute atomic E-state index is 0.0252. The number of methoxy groups -OCH3 is 1. The third-order valence-electron chi connectivity index (χ3n) is 9.45. The summed E-state index contributed by atoms with van der Waals surface area (Å²) in [5.74, 6) is 3.61. The lowest BCUT2D eigenvalue weighted by atomic mass is 9.47. The van der Waals surface area contributed by atoms with Crippen LogP contribution >= 0.6 is 0 Å². The molecule has 1 aromatic rings. The molecule has 4 fully saturated rings. The second-order valence-electron chi connectivity index (χ2n) is 10.6. The summed E-state index contributed by atoms with van der Waals surface area (Å²) < 4.78 is 5.31. The molecule has 1 amide bonds. The zero-order valence-corrected chi connectivity index (χ0v) is 17.7. The molecule has 1 aromatic carbocycles. The highest BCUT2D eigenvalue weighted by molar-refractivity contribution is 5.85. The Morgan fingerprint density at radius 3 is 2.54 bits per heavy atom. The van der Waals surface area contributed by atoms with Gasteiger partial charge in [-0.25, -0.2) is 0 Å². The summed E-state index contributed by atoms with van der Waals surface area (Å²) in [4.78, 5) is 13.0. The van der Waals surface area contributed by atoms with Crippen LogP contribution in [0.3, 0.4) is 0 Å². The second kappa shape index (κ2) is 6.50. The lowest BCUT2D eigenvalue weighted by Crippen LogP contribution is -2.62. The minimum Gasteiger partial charge on any atom is -0.497 e. The first kappa shape index (κ1) is 18.5. The molecule has 152 valence electrons. The number of piperidine rings is 1. The zero-order valence-electron chi connectivity index (χ0n) is 17.7. The molecular formula is C25H35NO2. The molecule has 0 aromatic heterocycles. The molecule has 3 saturated carbocycles. The van der Waals surface area contributed by atoms with E-state index in [1.165, 1.54) is 44.9 Å². The lowest BCUT2D eigenvalue weighted by Gasteiger charge is -2.60. The quantitative estimate of drug-likeness (QED) is 0.755. The van der Waals surface area contributed by atoms with E-state index in [0.717, 1.165) is 35.5 Å². The van der Waals surface area contributed by atoms with Gasteiger partial charge in [0.15, 0.2) is 0 Å². The second-order valence-corrected chi connectivity index (χ2v) is 10.6. The van der Waals surface area contributed by atoms with Crippen molar-refractivity contribution < 1.29 is 9.53 Å². The molecule has 0 spiro atoms. The Balaban J connectivity index is 1.44. The van der Waals surface area contributed by atoms with Crippen molar-refractivity contribution in [1.29, 1.82) is 0 Å². The predicted octanol–water partition coefficient (Wildman–Crippen LogP) is 5.30. The first-order chi connectivity index (χ1) is 13.4. The van der Waals surface area contributed by atoms with Gasteiger partial charge < -0.3 is 10.1 Å². The molecule has 1 unspecified atom stereocenters. The van der Waals surface area contributed by atoms with Crippen molar-refractivity contribution in [3.05, 3.63) is 29.8 Å². The van der Waals surface area contributed by atoms with Gasteiger partial charge in [-0.05, 0) is 91.2 Å². The fourth-order valence-electron chi connectivity index (χ4n) is 7.89. The number of benzene rings is 1. The Kier molecular flexibility index (Phi) is 4.30. The molecule has 4 aliphatic rings. The number of fused-ring (bicyclic) bond motifs is 5. The van der Waals surface area contributed by atoms with Gasteiger partial charge in [-0.2, -0.15) is 0 Å². The van der Waals surface area contributed by atoms with E-state index in [1.54, 1.807) is 7.11 Å². The van der Waals surface area contributed by atoms with Gasteiger partial charge in [0.1, 0.15) is 5.75 Å². The normalized spacial score (nSPS) is 44.8. The highest BCUT2D eigenvalue weighted by Gasteiger charge is 2.59. The van der Waals surface area contributed by atoms with Crippen LogP contribution in [0.15, 0.2) is 24.3 Å². The van der Waals surface area contributed by atoms with Gasteiger partial charge in [0, 0.05) is 6.04 Å². The molecule has 28 heavy (non-hydrogen) atoms. The Morgan fingerprint density at radius 1 is 1.00 bits per heavy atom. The Labute approximate surface area is 169 Å². The highest BCUT2D eigenvalue weighted by atomic mass is 16.5. The van der Waals surface area contributed by atoms with E-state index >= 15 is 0 Å². The molecule has 3 nitrogen and oxygen atoms in total. The fraction of sp³-hybridized carbons (Fsp3) is 0.720. The van der Waals surface area contributed by atoms with Crippen LogP contribution < -0.4 is 10.1 Å². The van der Waals surface area contributed by atoms with Crippen molar-refractivity contribution in [2.24, 2.45) is 28.6 Å². The van der Waals surface area contributed by atoms with E-state index in [1.807, 2.05) is 12.1 Å². The average Bonchev–Trinajstić information content (AvgIpc) is 3.10. The van der Waals surface area contributed by atoms with E-state index in [9.17, 15) is 4.79 Å². The first-order valence-corrected chi connectivity index (χ1v) is 11.4. The molecule has 1 N–H and O–H groups in total. The molecule has 3 aliphatic carbocycles. The van der Waals surface area contributed by atoms with Crippen molar-refractivity contribution in [3.8, 4) is 5.75 Å². The fourth-order valence-corrected chi connectivity index (χ4v) is 7.89. The molecule has 0 bridgehead atoms. The van der Waals surface area contributed by atoms with Crippen LogP contribution in [0.2, 0.25) is 0 Å². The van der Waals surface area contributed by atoms with Crippen molar-refractivity contribution in [2.75, 3.05) is 7.11 Å². The van der Waals surface area contributed by atoms with E-state index < -0.39 is 0 Å². The van der Waals surface area contributed by atoms with E-state index in [0.29, 0.717) is 11.5 Å². The molecule has 1 heterocycles. The number of nitrogens with one attached hydrogen (secondary N) is 1. The number of hydrogen-bond donors (Lipinski definition) is 1. The van der Waals surface area contributed by atoms with Gasteiger partial charge in [0.25, 0.3) is 0 Å². The Hall–Kier alpha value is -1.51. The van der Waals surface area contributed by atoms with Crippen LogP contribution in [0.4, 0.5) is 0 Å². The Morgan fingerprint density at radius 2 is 1.79 bits per heavy atom. The maximum absolute atomic E-state index is 13.0. The van der Waals surface area contributed by atoms with Crippen molar-refractivity contribution >= 4 is 5.91 Å². The molecular weight excluding hydrogens is 346 g/mol. The van der Waals surface area contributed by atoms with Gasteiger partial charge in [-0.3, -0.25) is 4.79 Å². The molecule has 5 rings (SSSR count). The first-order valence-electron chi connectivity index (χ1n) is 11.4. The molecule has 3 heteroatoms. The number of hydrogen-bond acceptors (Lipinski definition) is 2. The standard InChI is InChI=1S/C25H35NO2/c1-24-13-4-5-20(24)18-10-11-22-25(2,21(18)12-14-24)15-19(23(27)26-22)16-6-8-17(28-3)9-7-16/h6-9,18-22H,4-5,10-15H2,1-3H3,(H,26,27)/t18-,19?,20-,21-,22+,24-,25+/m0/s1. The predicted molar refractivity (Wildman–Crippen MR) is 111 cm³/mol. The summed E-state index contributed by atoms with van der Waals surface area (Å²) in [5.41, 5.74) is 1.96. The van der Waals surface area contributed by atoms with Gasteiger partial charge in [-0.1, -0.05) is 32.4 Å². The number of carbonyl (C=O) groups is 1. The van der Waals surface area contributed by atoms with E-state index in [2.05, 4.69) is 31.3 Å². The van der Waals surface area contributed by atoms with Crippen LogP contribution in [0, 0.1) is 28.6 Å². The van der Waals surface area contributed by atoms with E-state index in [-0.39, 0.29) is 17.2 Å². The van der Waals surface area contributed by atoms with Crippen LogP contribution in [0.5, 0.6) is 5.75 Å².